The average Bonchev–Trinajstić information content (AvgIpc) is 2.30. The van der Waals surface area contributed by atoms with Crippen LogP contribution in [0.25, 0.3) is 0 Å². The summed E-state index contributed by atoms with van der Waals surface area (Å²) < 4.78 is 0. The SMILES string of the molecule is C=C/C=C(\C=C/C)N(CC)C(=O)[C@H](C)NCC. The molecule has 0 fully saturated rings. The molecule has 0 saturated carbocycles. The van der Waals surface area contributed by atoms with E-state index in [1.54, 1.807) is 11.0 Å². The van der Waals surface area contributed by atoms with Crippen LogP contribution in [0.1, 0.15) is 27.7 Å². The van der Waals surface area contributed by atoms with Gasteiger partial charge in [-0.2, -0.15) is 0 Å². The van der Waals surface area contributed by atoms with Crippen LogP contribution in [0, 0.1) is 0 Å². The number of rotatable bonds is 7. The Morgan fingerprint density at radius 3 is 2.53 bits per heavy atom. The predicted molar refractivity (Wildman–Crippen MR) is 73.6 cm³/mol. The number of carbonyl (C=O) groups is 1. The third-order valence-electron chi connectivity index (χ3n) is 2.40. The summed E-state index contributed by atoms with van der Waals surface area (Å²) in [7, 11) is 0. The smallest absolute Gasteiger partial charge is 0.243 e. The average molecular weight is 236 g/mol. The van der Waals surface area contributed by atoms with Gasteiger partial charge in [0.05, 0.1) is 6.04 Å². The van der Waals surface area contributed by atoms with E-state index in [0.29, 0.717) is 6.54 Å². The number of hydrogen-bond donors (Lipinski definition) is 1. The molecule has 1 atom stereocenters. The van der Waals surface area contributed by atoms with Crippen LogP contribution >= 0.6 is 0 Å². The second kappa shape index (κ2) is 8.76. The minimum atomic E-state index is -0.168. The number of allylic oxidation sites excluding steroid dienone is 4. The van der Waals surface area contributed by atoms with Gasteiger partial charge in [0.1, 0.15) is 0 Å². The third-order valence-corrected chi connectivity index (χ3v) is 2.40. The van der Waals surface area contributed by atoms with Crippen LogP contribution in [0.2, 0.25) is 0 Å². The fourth-order valence-electron chi connectivity index (χ4n) is 1.62. The Kier molecular flexibility index (Phi) is 8.07. The van der Waals surface area contributed by atoms with Crippen LogP contribution in [0.3, 0.4) is 0 Å². The summed E-state index contributed by atoms with van der Waals surface area (Å²) in [6.07, 6.45) is 7.38. The number of likely N-dealkylation sites (N-methyl/N-ethyl adjacent to an activating group) is 2. The number of hydrogen-bond acceptors (Lipinski definition) is 2. The molecule has 0 aromatic carbocycles. The molecule has 3 heteroatoms. The zero-order chi connectivity index (χ0) is 13.3. The van der Waals surface area contributed by atoms with E-state index >= 15 is 0 Å². The molecular formula is C14H24N2O. The molecule has 0 unspecified atom stereocenters. The Balaban J connectivity index is 4.96. The maximum Gasteiger partial charge on any atom is 0.243 e. The van der Waals surface area contributed by atoms with Gasteiger partial charge in [0.2, 0.25) is 5.91 Å². The van der Waals surface area contributed by atoms with Crippen molar-refractivity contribution in [3.63, 3.8) is 0 Å². The summed E-state index contributed by atoms with van der Waals surface area (Å²) in [5, 5.41) is 3.13. The van der Waals surface area contributed by atoms with Crippen LogP contribution in [-0.2, 0) is 4.79 Å². The molecule has 0 aromatic heterocycles. The van der Waals surface area contributed by atoms with Crippen molar-refractivity contribution >= 4 is 5.91 Å². The van der Waals surface area contributed by atoms with Crippen LogP contribution in [0.15, 0.2) is 36.6 Å². The lowest BCUT2D eigenvalue weighted by atomic mass is 10.2. The van der Waals surface area contributed by atoms with Crippen LogP contribution in [-0.4, -0.2) is 29.9 Å². The van der Waals surface area contributed by atoms with E-state index in [2.05, 4.69) is 11.9 Å². The van der Waals surface area contributed by atoms with Crippen LogP contribution in [0.5, 0.6) is 0 Å². The lowest BCUT2D eigenvalue weighted by Crippen LogP contribution is -2.44. The van der Waals surface area contributed by atoms with Gasteiger partial charge in [-0.15, -0.1) is 0 Å². The van der Waals surface area contributed by atoms with E-state index in [1.165, 1.54) is 0 Å². The van der Waals surface area contributed by atoms with Gasteiger partial charge in [-0.3, -0.25) is 4.79 Å². The number of nitrogens with one attached hydrogen (secondary N) is 1. The summed E-state index contributed by atoms with van der Waals surface area (Å²) in [5.74, 6) is 0.0838. The van der Waals surface area contributed by atoms with Crippen molar-refractivity contribution in [3.05, 3.63) is 36.6 Å². The standard InChI is InChI=1S/C14H24N2O/c1-6-10-13(11-7-2)16(9-4)14(17)12(5)15-8-3/h6-7,10-12,15H,1,8-9H2,2-5H3/b11-7-,13-10+/t12-/m0/s1. The van der Waals surface area contributed by atoms with Crippen molar-refractivity contribution in [2.24, 2.45) is 0 Å². The topological polar surface area (TPSA) is 32.3 Å². The van der Waals surface area contributed by atoms with E-state index in [-0.39, 0.29) is 11.9 Å². The minimum absolute atomic E-state index is 0.0838. The summed E-state index contributed by atoms with van der Waals surface area (Å²) in [5.41, 5.74) is 0.875. The largest absolute Gasteiger partial charge is 0.311 e. The molecule has 0 aromatic rings. The quantitative estimate of drug-likeness (QED) is 0.689. The molecule has 0 spiro atoms. The van der Waals surface area contributed by atoms with Gasteiger partial charge < -0.3 is 10.2 Å². The highest BCUT2D eigenvalue weighted by Crippen LogP contribution is 2.09. The van der Waals surface area contributed by atoms with E-state index in [4.69, 9.17) is 0 Å². The van der Waals surface area contributed by atoms with Gasteiger partial charge in [-0.05, 0) is 39.5 Å². The van der Waals surface area contributed by atoms with Crippen molar-refractivity contribution in [1.82, 2.24) is 10.2 Å². The molecule has 0 aliphatic rings. The van der Waals surface area contributed by atoms with Crippen LogP contribution in [0.4, 0.5) is 0 Å². The summed E-state index contributed by atoms with van der Waals surface area (Å²) in [4.78, 5) is 14.0. The molecule has 1 N–H and O–H groups in total. The summed E-state index contributed by atoms with van der Waals surface area (Å²) >= 11 is 0. The van der Waals surface area contributed by atoms with Gasteiger partial charge in [0.15, 0.2) is 0 Å². The number of carbonyl (C=O) groups excluding carboxylic acids is 1. The molecule has 17 heavy (non-hydrogen) atoms. The van der Waals surface area contributed by atoms with Crippen molar-refractivity contribution in [2.75, 3.05) is 13.1 Å². The molecule has 0 radical (unpaired) electrons. The van der Waals surface area contributed by atoms with Crippen molar-refractivity contribution in [1.29, 1.82) is 0 Å². The first-order chi connectivity index (χ1) is 8.12. The highest BCUT2D eigenvalue weighted by atomic mass is 16.2. The highest BCUT2D eigenvalue weighted by molar-refractivity contribution is 5.83. The van der Waals surface area contributed by atoms with E-state index < -0.39 is 0 Å². The molecule has 0 rings (SSSR count). The Bertz CT molecular complexity index is 305. The second-order valence-corrected chi connectivity index (χ2v) is 3.69. The lowest BCUT2D eigenvalue weighted by Gasteiger charge is -2.25. The fourth-order valence-corrected chi connectivity index (χ4v) is 1.62. The maximum absolute atomic E-state index is 12.2. The predicted octanol–water partition coefficient (Wildman–Crippen LogP) is 2.48. The van der Waals surface area contributed by atoms with Gasteiger partial charge in [-0.1, -0.05) is 25.7 Å². The van der Waals surface area contributed by atoms with Crippen LogP contribution < -0.4 is 5.32 Å². The maximum atomic E-state index is 12.2. The summed E-state index contributed by atoms with van der Waals surface area (Å²) in [6, 6.07) is -0.168. The molecule has 3 nitrogen and oxygen atoms in total. The Hall–Kier alpha value is -1.35. The molecular weight excluding hydrogens is 212 g/mol. The van der Waals surface area contributed by atoms with Gasteiger partial charge >= 0.3 is 0 Å². The van der Waals surface area contributed by atoms with Gasteiger partial charge in [0.25, 0.3) is 0 Å². The normalized spacial score (nSPS) is 13.8. The zero-order valence-electron chi connectivity index (χ0n) is 11.4. The molecule has 0 bridgehead atoms. The molecule has 0 aliphatic heterocycles. The molecule has 1 amide bonds. The van der Waals surface area contributed by atoms with Crippen molar-refractivity contribution < 1.29 is 4.79 Å². The monoisotopic (exact) mass is 236 g/mol. The number of nitrogens with zero attached hydrogens (tertiary/aromatic N) is 1. The van der Waals surface area contributed by atoms with E-state index in [1.807, 2.05) is 45.9 Å². The first-order valence-electron chi connectivity index (χ1n) is 6.12. The van der Waals surface area contributed by atoms with E-state index in [0.717, 1.165) is 12.2 Å². The Labute approximate surface area is 105 Å². The Morgan fingerprint density at radius 2 is 2.12 bits per heavy atom. The first kappa shape index (κ1) is 15.7. The lowest BCUT2D eigenvalue weighted by molar-refractivity contribution is -0.130. The fraction of sp³-hybridized carbons (Fsp3) is 0.500. The first-order valence-corrected chi connectivity index (χ1v) is 6.12. The van der Waals surface area contributed by atoms with Gasteiger partial charge in [0, 0.05) is 12.2 Å². The highest BCUT2D eigenvalue weighted by Gasteiger charge is 2.19. The molecule has 96 valence electrons. The molecule has 0 saturated heterocycles. The zero-order valence-corrected chi connectivity index (χ0v) is 11.4. The molecule has 0 aliphatic carbocycles. The van der Waals surface area contributed by atoms with Crippen molar-refractivity contribution in [2.45, 2.75) is 33.7 Å². The minimum Gasteiger partial charge on any atom is -0.311 e. The number of amides is 1. The summed E-state index contributed by atoms with van der Waals surface area (Å²) in [6.45, 7) is 12.9. The molecule has 0 heterocycles. The van der Waals surface area contributed by atoms with Crippen molar-refractivity contribution in [3.8, 4) is 0 Å². The third kappa shape index (κ3) is 5.00. The second-order valence-electron chi connectivity index (χ2n) is 3.69. The Morgan fingerprint density at radius 1 is 1.47 bits per heavy atom. The van der Waals surface area contributed by atoms with Gasteiger partial charge in [-0.25, -0.2) is 0 Å². The van der Waals surface area contributed by atoms with E-state index in [9.17, 15) is 4.79 Å².